The Bertz CT molecular complexity index is 1000. The number of aryl methyl sites for hydroxylation is 1. The molecule has 0 aliphatic carbocycles. The first-order valence-corrected chi connectivity index (χ1v) is 9.88. The number of hydrogen-bond acceptors (Lipinski definition) is 5. The van der Waals surface area contributed by atoms with Crippen molar-refractivity contribution in [1.82, 2.24) is 19.7 Å². The number of aromatic carboxylic acids is 1. The molecule has 7 heteroatoms. The minimum absolute atomic E-state index is 0.145. The molecule has 3 fully saturated rings. The van der Waals surface area contributed by atoms with Crippen molar-refractivity contribution < 1.29 is 9.90 Å². The summed E-state index contributed by atoms with van der Waals surface area (Å²) in [7, 11) is 0. The summed E-state index contributed by atoms with van der Waals surface area (Å²) >= 11 is 1.58. The molecule has 0 saturated carbocycles. The average molecular weight is 368 g/mol. The molecule has 0 spiro atoms. The molecule has 0 unspecified atom stereocenters. The number of benzene rings is 1. The summed E-state index contributed by atoms with van der Waals surface area (Å²) in [5.74, 6) is -0.381. The first-order valence-electron chi connectivity index (χ1n) is 9.00. The lowest BCUT2D eigenvalue weighted by Gasteiger charge is -2.44. The molecule has 0 amide bonds. The standard InChI is InChI=1S/C19H20N4O2S/c1-11-10-26-18(20-11)13-2-3-15-14(8-13)17(19(24)25)21-23(15)16-9-22-6-4-12(16)5-7-22/h2-3,8,10,12,16H,4-7,9H2,1H3,(H,24,25)/t16-/m1/s1. The molecular formula is C19H20N4O2S. The number of piperidine rings is 3. The van der Waals surface area contributed by atoms with Gasteiger partial charge in [-0.3, -0.25) is 4.68 Å². The highest BCUT2D eigenvalue weighted by molar-refractivity contribution is 7.13. The molecule has 2 aromatic heterocycles. The number of aromatic nitrogens is 3. The van der Waals surface area contributed by atoms with E-state index in [4.69, 9.17) is 0 Å². The van der Waals surface area contributed by atoms with E-state index in [-0.39, 0.29) is 11.7 Å². The quantitative estimate of drug-likeness (QED) is 0.767. The van der Waals surface area contributed by atoms with Gasteiger partial charge in [0.25, 0.3) is 0 Å². The van der Waals surface area contributed by atoms with Crippen LogP contribution < -0.4 is 0 Å². The monoisotopic (exact) mass is 368 g/mol. The van der Waals surface area contributed by atoms with Gasteiger partial charge in [-0.25, -0.2) is 9.78 Å². The molecule has 1 N–H and O–H groups in total. The topological polar surface area (TPSA) is 71.2 Å². The summed E-state index contributed by atoms with van der Waals surface area (Å²) in [5.41, 5.74) is 2.99. The second kappa shape index (κ2) is 5.89. The number of thiazole rings is 1. The highest BCUT2D eigenvalue weighted by atomic mass is 32.1. The third-order valence-corrected chi connectivity index (χ3v) is 6.72. The van der Waals surface area contributed by atoms with E-state index >= 15 is 0 Å². The van der Waals surface area contributed by atoms with E-state index in [1.165, 1.54) is 12.8 Å². The van der Waals surface area contributed by atoms with E-state index in [1.807, 2.05) is 35.2 Å². The van der Waals surface area contributed by atoms with Gasteiger partial charge in [0.1, 0.15) is 5.01 Å². The number of fused-ring (bicyclic) bond motifs is 4. The number of carboxylic acids is 1. The molecule has 134 valence electrons. The molecule has 3 aromatic rings. The van der Waals surface area contributed by atoms with Crippen LogP contribution in [0.25, 0.3) is 21.5 Å². The van der Waals surface area contributed by atoms with E-state index in [2.05, 4.69) is 15.0 Å². The van der Waals surface area contributed by atoms with Gasteiger partial charge >= 0.3 is 5.97 Å². The van der Waals surface area contributed by atoms with Crippen LogP contribution in [-0.2, 0) is 0 Å². The largest absolute Gasteiger partial charge is 0.476 e. The van der Waals surface area contributed by atoms with Crippen molar-refractivity contribution in [2.24, 2.45) is 5.92 Å². The lowest BCUT2D eigenvalue weighted by atomic mass is 9.84. The van der Waals surface area contributed by atoms with Crippen LogP contribution in [0.15, 0.2) is 23.6 Å². The molecule has 0 radical (unpaired) electrons. The van der Waals surface area contributed by atoms with Crippen LogP contribution in [0.2, 0.25) is 0 Å². The van der Waals surface area contributed by atoms with Crippen molar-refractivity contribution in [2.45, 2.75) is 25.8 Å². The molecule has 3 aliphatic rings. The second-order valence-electron chi connectivity index (χ2n) is 7.33. The summed E-state index contributed by atoms with van der Waals surface area (Å²) in [6.45, 7) is 5.24. The fourth-order valence-electron chi connectivity index (χ4n) is 4.38. The first kappa shape index (κ1) is 16.0. The van der Waals surface area contributed by atoms with Gasteiger partial charge in [-0.2, -0.15) is 5.10 Å². The first-order chi connectivity index (χ1) is 12.6. The van der Waals surface area contributed by atoms with Crippen LogP contribution in [0.3, 0.4) is 0 Å². The molecule has 6 nitrogen and oxygen atoms in total. The van der Waals surface area contributed by atoms with Crippen LogP contribution in [0, 0.1) is 12.8 Å². The SMILES string of the molecule is Cc1csc(-c2ccc3c(c2)c(C(=O)O)nn3[C@@H]2CN3CCC2CC3)n1. The number of hydrogen-bond donors (Lipinski definition) is 1. The van der Waals surface area contributed by atoms with Crippen molar-refractivity contribution >= 4 is 28.2 Å². The zero-order valence-corrected chi connectivity index (χ0v) is 15.4. The predicted molar refractivity (Wildman–Crippen MR) is 101 cm³/mol. The molecule has 1 atom stereocenters. The molecular weight excluding hydrogens is 348 g/mol. The maximum atomic E-state index is 11.8. The smallest absolute Gasteiger partial charge is 0.357 e. The van der Waals surface area contributed by atoms with E-state index in [0.717, 1.165) is 41.4 Å². The van der Waals surface area contributed by atoms with Crippen molar-refractivity contribution in [2.75, 3.05) is 19.6 Å². The van der Waals surface area contributed by atoms with Gasteiger partial charge in [0.15, 0.2) is 5.69 Å². The summed E-state index contributed by atoms with van der Waals surface area (Å²) in [6, 6.07) is 6.24. The maximum Gasteiger partial charge on any atom is 0.357 e. The Morgan fingerprint density at radius 2 is 2.12 bits per heavy atom. The molecule has 3 aliphatic heterocycles. The van der Waals surface area contributed by atoms with E-state index in [9.17, 15) is 9.90 Å². The van der Waals surface area contributed by atoms with E-state index in [0.29, 0.717) is 11.3 Å². The van der Waals surface area contributed by atoms with Gasteiger partial charge in [-0.15, -0.1) is 11.3 Å². The van der Waals surface area contributed by atoms with Crippen LogP contribution in [-0.4, -0.2) is 50.4 Å². The lowest BCUT2D eigenvalue weighted by Crippen LogP contribution is -2.48. The van der Waals surface area contributed by atoms with Crippen molar-refractivity contribution in [1.29, 1.82) is 0 Å². The normalized spacial score (nSPS) is 25.0. The Morgan fingerprint density at radius 1 is 1.31 bits per heavy atom. The zero-order chi connectivity index (χ0) is 17.8. The zero-order valence-electron chi connectivity index (χ0n) is 14.6. The van der Waals surface area contributed by atoms with Crippen LogP contribution in [0.1, 0.15) is 35.1 Å². The summed E-state index contributed by atoms with van der Waals surface area (Å²) in [6.07, 6.45) is 2.34. The Hall–Kier alpha value is -2.25. The van der Waals surface area contributed by atoms with Gasteiger partial charge < -0.3 is 10.0 Å². The summed E-state index contributed by atoms with van der Waals surface area (Å²) in [5, 5.41) is 17.9. The Morgan fingerprint density at radius 3 is 2.73 bits per heavy atom. The Balaban J connectivity index is 1.65. The third kappa shape index (κ3) is 2.46. The minimum Gasteiger partial charge on any atom is -0.476 e. The van der Waals surface area contributed by atoms with Gasteiger partial charge in [0, 0.05) is 28.6 Å². The number of carboxylic acid groups (broad SMARTS) is 1. The minimum atomic E-state index is -0.970. The second-order valence-corrected chi connectivity index (χ2v) is 8.19. The molecule has 5 heterocycles. The molecule has 26 heavy (non-hydrogen) atoms. The van der Waals surface area contributed by atoms with Gasteiger partial charge in [-0.05, 0) is 57.0 Å². The predicted octanol–water partition coefficient (Wildman–Crippen LogP) is 3.43. The molecule has 3 saturated heterocycles. The Kier molecular flexibility index (Phi) is 3.62. The highest BCUT2D eigenvalue weighted by Crippen LogP contribution is 2.38. The van der Waals surface area contributed by atoms with Gasteiger partial charge in [0.05, 0.1) is 11.6 Å². The molecule has 6 rings (SSSR count). The van der Waals surface area contributed by atoms with Crippen LogP contribution in [0.4, 0.5) is 0 Å². The summed E-state index contributed by atoms with van der Waals surface area (Å²) in [4.78, 5) is 18.8. The van der Waals surface area contributed by atoms with Crippen LogP contribution in [0.5, 0.6) is 0 Å². The lowest BCUT2D eigenvalue weighted by molar-refractivity contribution is 0.0523. The third-order valence-electron chi connectivity index (χ3n) is 5.71. The highest BCUT2D eigenvalue weighted by Gasteiger charge is 2.37. The van der Waals surface area contributed by atoms with E-state index in [1.54, 1.807) is 11.3 Å². The molecule has 2 bridgehead atoms. The Labute approximate surface area is 155 Å². The van der Waals surface area contributed by atoms with Gasteiger partial charge in [-0.1, -0.05) is 0 Å². The number of nitrogens with zero attached hydrogens (tertiary/aromatic N) is 4. The van der Waals surface area contributed by atoms with Crippen molar-refractivity contribution in [3.63, 3.8) is 0 Å². The average Bonchev–Trinajstić information content (AvgIpc) is 3.26. The summed E-state index contributed by atoms with van der Waals surface area (Å²) < 4.78 is 1.98. The van der Waals surface area contributed by atoms with Gasteiger partial charge in [0.2, 0.25) is 0 Å². The molecule has 1 aromatic carbocycles. The fraction of sp³-hybridized carbons (Fsp3) is 0.421. The van der Waals surface area contributed by atoms with Crippen molar-refractivity contribution in [3.05, 3.63) is 35.0 Å². The van der Waals surface area contributed by atoms with E-state index < -0.39 is 5.97 Å². The fourth-order valence-corrected chi connectivity index (χ4v) is 5.18. The maximum absolute atomic E-state index is 11.8. The number of carbonyl (C=O) groups is 1. The number of rotatable bonds is 3. The van der Waals surface area contributed by atoms with Crippen LogP contribution >= 0.6 is 11.3 Å². The van der Waals surface area contributed by atoms with Crippen molar-refractivity contribution in [3.8, 4) is 10.6 Å².